The van der Waals surface area contributed by atoms with E-state index in [0.29, 0.717) is 4.83 Å². The first-order valence-corrected chi connectivity index (χ1v) is 7.08. The highest BCUT2D eigenvalue weighted by Crippen LogP contribution is 2.38. The molecule has 1 aliphatic carbocycles. The first kappa shape index (κ1) is 11.0. The molecular weight excluding hydrogens is 272 g/mol. The molecule has 0 heterocycles. The van der Waals surface area contributed by atoms with Crippen LogP contribution in [0.5, 0.6) is 0 Å². The van der Waals surface area contributed by atoms with Crippen LogP contribution in [0.4, 0.5) is 0 Å². The zero-order chi connectivity index (χ0) is 11.7. The third-order valence-electron chi connectivity index (χ3n) is 3.49. The van der Waals surface area contributed by atoms with Crippen LogP contribution in [0.1, 0.15) is 28.8 Å². The van der Waals surface area contributed by atoms with E-state index >= 15 is 0 Å². The van der Waals surface area contributed by atoms with Gasteiger partial charge in [-0.3, -0.25) is 0 Å². The van der Waals surface area contributed by atoms with Crippen molar-refractivity contribution in [1.29, 1.82) is 0 Å². The Morgan fingerprint density at radius 1 is 0.941 bits per heavy atom. The van der Waals surface area contributed by atoms with Gasteiger partial charge in [0.2, 0.25) is 0 Å². The first-order chi connectivity index (χ1) is 8.34. The average molecular weight is 287 g/mol. The summed E-state index contributed by atoms with van der Waals surface area (Å²) >= 11 is 3.79. The molecule has 2 aromatic carbocycles. The number of fused-ring (bicyclic) bond motifs is 1. The van der Waals surface area contributed by atoms with Crippen molar-refractivity contribution in [3.05, 3.63) is 59.7 Å². The Labute approximate surface area is 111 Å². The van der Waals surface area contributed by atoms with Crippen LogP contribution in [0.25, 0.3) is 11.1 Å². The van der Waals surface area contributed by atoms with E-state index in [4.69, 9.17) is 0 Å². The van der Waals surface area contributed by atoms with Crippen molar-refractivity contribution in [1.82, 2.24) is 0 Å². The Morgan fingerprint density at radius 2 is 1.76 bits per heavy atom. The lowest BCUT2D eigenvalue weighted by atomic mass is 9.89. The maximum Gasteiger partial charge on any atom is 0.0398 e. The van der Waals surface area contributed by atoms with Crippen LogP contribution in [-0.2, 0) is 6.42 Å². The van der Waals surface area contributed by atoms with Gasteiger partial charge in [0.1, 0.15) is 0 Å². The van der Waals surface area contributed by atoms with Crippen LogP contribution in [0.2, 0.25) is 0 Å². The summed E-state index contributed by atoms with van der Waals surface area (Å²) in [5.41, 5.74) is 5.63. The van der Waals surface area contributed by atoms with Crippen LogP contribution in [-0.4, -0.2) is 0 Å². The van der Waals surface area contributed by atoms with Crippen LogP contribution < -0.4 is 0 Å². The molecule has 0 fully saturated rings. The van der Waals surface area contributed by atoms with E-state index < -0.39 is 0 Å². The quantitative estimate of drug-likeness (QED) is 0.638. The van der Waals surface area contributed by atoms with Crippen molar-refractivity contribution in [3.8, 4) is 11.1 Å². The molecule has 0 aliphatic heterocycles. The lowest BCUT2D eigenvalue weighted by Crippen LogP contribution is -2.04. The van der Waals surface area contributed by atoms with E-state index in [1.807, 2.05) is 0 Å². The molecule has 1 aliphatic rings. The van der Waals surface area contributed by atoms with Crippen molar-refractivity contribution in [2.45, 2.75) is 24.1 Å². The van der Waals surface area contributed by atoms with Crippen molar-refractivity contribution < 1.29 is 0 Å². The van der Waals surface area contributed by atoms with Crippen molar-refractivity contribution in [2.24, 2.45) is 0 Å². The molecule has 0 spiro atoms. The molecule has 1 atom stereocenters. The summed E-state index contributed by atoms with van der Waals surface area (Å²) in [6, 6.07) is 17.5. The van der Waals surface area contributed by atoms with Gasteiger partial charge < -0.3 is 0 Å². The summed E-state index contributed by atoms with van der Waals surface area (Å²) < 4.78 is 0. The van der Waals surface area contributed by atoms with Crippen LogP contribution in [0.15, 0.2) is 48.5 Å². The smallest absolute Gasteiger partial charge is 0.0398 e. The molecule has 0 nitrogen and oxygen atoms in total. The highest BCUT2D eigenvalue weighted by Gasteiger charge is 2.17. The van der Waals surface area contributed by atoms with E-state index in [2.05, 4.69) is 64.5 Å². The van der Waals surface area contributed by atoms with Gasteiger partial charge >= 0.3 is 0 Å². The van der Waals surface area contributed by atoms with Crippen molar-refractivity contribution >= 4 is 15.9 Å². The Kier molecular flexibility index (Phi) is 3.02. The minimum absolute atomic E-state index is 0.537. The largest absolute Gasteiger partial charge is 0.0839 e. The van der Waals surface area contributed by atoms with Gasteiger partial charge in [-0.15, -0.1) is 0 Å². The summed E-state index contributed by atoms with van der Waals surface area (Å²) in [6.45, 7) is 0. The van der Waals surface area contributed by atoms with E-state index in [1.54, 1.807) is 0 Å². The molecule has 0 saturated heterocycles. The molecule has 86 valence electrons. The fourth-order valence-electron chi connectivity index (χ4n) is 2.55. The minimum atomic E-state index is 0.537. The second kappa shape index (κ2) is 4.66. The molecule has 0 radical (unpaired) electrons. The number of alkyl halides is 1. The van der Waals surface area contributed by atoms with E-state index in [1.165, 1.54) is 41.5 Å². The van der Waals surface area contributed by atoms with Gasteiger partial charge in [-0.1, -0.05) is 58.4 Å². The monoisotopic (exact) mass is 286 g/mol. The number of aryl methyl sites for hydroxylation is 1. The normalized spacial score (nSPS) is 18.8. The molecule has 3 rings (SSSR count). The summed E-state index contributed by atoms with van der Waals surface area (Å²) in [5, 5.41) is 0. The Bertz CT molecular complexity index is 516. The van der Waals surface area contributed by atoms with Gasteiger partial charge in [-0.25, -0.2) is 0 Å². The molecule has 0 bridgehead atoms. The Balaban J connectivity index is 2.06. The zero-order valence-corrected chi connectivity index (χ0v) is 11.3. The summed E-state index contributed by atoms with van der Waals surface area (Å²) in [6.07, 6.45) is 3.78. The zero-order valence-electron chi connectivity index (χ0n) is 9.70. The van der Waals surface area contributed by atoms with Crippen LogP contribution in [0.3, 0.4) is 0 Å². The fourth-order valence-corrected chi connectivity index (χ4v) is 3.30. The summed E-state index contributed by atoms with van der Waals surface area (Å²) in [5.74, 6) is 0. The predicted molar refractivity (Wildman–Crippen MR) is 76.5 cm³/mol. The highest BCUT2D eigenvalue weighted by atomic mass is 79.9. The summed E-state index contributed by atoms with van der Waals surface area (Å²) in [7, 11) is 0. The highest BCUT2D eigenvalue weighted by molar-refractivity contribution is 9.09. The molecule has 0 aromatic heterocycles. The topological polar surface area (TPSA) is 0 Å². The van der Waals surface area contributed by atoms with Gasteiger partial charge in [0.05, 0.1) is 0 Å². The fraction of sp³-hybridized carbons (Fsp3) is 0.250. The second-order valence-electron chi connectivity index (χ2n) is 4.64. The number of hydrogen-bond acceptors (Lipinski definition) is 0. The van der Waals surface area contributed by atoms with Gasteiger partial charge in [-0.2, -0.15) is 0 Å². The molecule has 0 N–H and O–H groups in total. The van der Waals surface area contributed by atoms with Crippen LogP contribution in [0, 0.1) is 0 Å². The lowest BCUT2D eigenvalue weighted by Gasteiger charge is -2.21. The van der Waals surface area contributed by atoms with Gasteiger partial charge in [0.25, 0.3) is 0 Å². The first-order valence-electron chi connectivity index (χ1n) is 6.17. The van der Waals surface area contributed by atoms with E-state index in [9.17, 15) is 0 Å². The standard InChI is InChI=1S/C16H15Br/c17-16-8-4-7-13-9-10-14(11-15(13)16)12-5-2-1-3-6-12/h1-3,5-6,9-11,16H,4,7-8H2. The predicted octanol–water partition coefficient (Wildman–Crippen LogP) is 5.13. The lowest BCUT2D eigenvalue weighted by molar-refractivity contribution is 0.681. The molecule has 2 aromatic rings. The van der Waals surface area contributed by atoms with Crippen LogP contribution >= 0.6 is 15.9 Å². The maximum absolute atomic E-state index is 3.79. The molecule has 1 unspecified atom stereocenters. The Hall–Kier alpha value is -1.08. The second-order valence-corrected chi connectivity index (χ2v) is 5.74. The summed E-state index contributed by atoms with van der Waals surface area (Å²) in [4.78, 5) is 0.537. The molecule has 1 heteroatoms. The molecule has 17 heavy (non-hydrogen) atoms. The van der Waals surface area contributed by atoms with Gasteiger partial charge in [-0.05, 0) is 47.6 Å². The SMILES string of the molecule is BrC1CCCc2ccc(-c3ccccc3)cc21. The third kappa shape index (κ3) is 2.16. The number of rotatable bonds is 1. The molecule has 0 amide bonds. The van der Waals surface area contributed by atoms with Gasteiger partial charge in [0, 0.05) is 4.83 Å². The number of halogens is 1. The Morgan fingerprint density at radius 3 is 2.59 bits per heavy atom. The van der Waals surface area contributed by atoms with Gasteiger partial charge in [0.15, 0.2) is 0 Å². The molecule has 0 saturated carbocycles. The maximum atomic E-state index is 3.79. The van der Waals surface area contributed by atoms with Crippen molar-refractivity contribution in [2.75, 3.05) is 0 Å². The number of hydrogen-bond donors (Lipinski definition) is 0. The van der Waals surface area contributed by atoms with Crippen molar-refractivity contribution in [3.63, 3.8) is 0 Å². The molecular formula is C16H15Br. The average Bonchev–Trinajstić information content (AvgIpc) is 2.40. The minimum Gasteiger partial charge on any atom is -0.0839 e. The number of benzene rings is 2. The van der Waals surface area contributed by atoms with E-state index in [-0.39, 0.29) is 0 Å². The third-order valence-corrected chi connectivity index (χ3v) is 4.45. The van der Waals surface area contributed by atoms with E-state index in [0.717, 1.165) is 0 Å².